The number of aliphatic hydroxyl groups excluding tert-OH is 1. The number of aliphatic carboxylic acids is 1. The summed E-state index contributed by atoms with van der Waals surface area (Å²) in [7, 11) is 1.46. The SMILES string of the molecule is Cn1cc([N+](=O)[O-])cc1C(=O)N1C[C@H](O)C[C@@H]1C(=O)O. The van der Waals surface area contributed by atoms with Crippen LogP contribution in [0.25, 0.3) is 0 Å². The van der Waals surface area contributed by atoms with E-state index in [-0.39, 0.29) is 24.3 Å². The third-order valence-corrected chi connectivity index (χ3v) is 3.25. The van der Waals surface area contributed by atoms with Gasteiger partial charge in [-0.05, 0) is 0 Å². The molecule has 1 fully saturated rings. The van der Waals surface area contributed by atoms with Crippen LogP contribution in [0.3, 0.4) is 0 Å². The first-order valence-corrected chi connectivity index (χ1v) is 5.84. The highest BCUT2D eigenvalue weighted by atomic mass is 16.6. The molecule has 9 heteroatoms. The van der Waals surface area contributed by atoms with E-state index < -0.39 is 28.9 Å². The van der Waals surface area contributed by atoms with E-state index >= 15 is 0 Å². The summed E-state index contributed by atoms with van der Waals surface area (Å²) in [6, 6.07) is -0.0298. The van der Waals surface area contributed by atoms with E-state index in [1.807, 2.05) is 0 Å². The zero-order valence-electron chi connectivity index (χ0n) is 10.6. The van der Waals surface area contributed by atoms with E-state index in [0.717, 1.165) is 11.0 Å². The Labute approximate surface area is 113 Å². The lowest BCUT2D eigenvalue weighted by Gasteiger charge is -2.21. The summed E-state index contributed by atoms with van der Waals surface area (Å²) in [6.07, 6.45) is 0.221. The summed E-state index contributed by atoms with van der Waals surface area (Å²) in [5, 5.41) is 29.2. The summed E-state index contributed by atoms with van der Waals surface area (Å²) >= 11 is 0. The topological polar surface area (TPSA) is 126 Å². The third kappa shape index (κ3) is 2.35. The number of aryl methyl sites for hydroxylation is 1. The van der Waals surface area contributed by atoms with E-state index in [4.69, 9.17) is 5.11 Å². The van der Waals surface area contributed by atoms with Crippen LogP contribution in [0.5, 0.6) is 0 Å². The van der Waals surface area contributed by atoms with Crippen LogP contribution >= 0.6 is 0 Å². The largest absolute Gasteiger partial charge is 0.480 e. The fourth-order valence-electron chi connectivity index (χ4n) is 2.28. The van der Waals surface area contributed by atoms with Crippen LogP contribution in [-0.4, -0.2) is 55.2 Å². The average molecular weight is 283 g/mol. The second kappa shape index (κ2) is 4.93. The number of hydrogen-bond donors (Lipinski definition) is 2. The molecule has 0 aromatic carbocycles. The molecule has 2 N–H and O–H groups in total. The van der Waals surface area contributed by atoms with Crippen molar-refractivity contribution in [3.63, 3.8) is 0 Å². The Hall–Kier alpha value is -2.42. The second-order valence-corrected chi connectivity index (χ2v) is 4.65. The van der Waals surface area contributed by atoms with Crippen LogP contribution in [0.1, 0.15) is 16.9 Å². The van der Waals surface area contributed by atoms with Crippen molar-refractivity contribution in [2.75, 3.05) is 6.54 Å². The van der Waals surface area contributed by atoms with Crippen LogP contribution in [-0.2, 0) is 11.8 Å². The molecule has 1 amide bonds. The van der Waals surface area contributed by atoms with Crippen LogP contribution < -0.4 is 0 Å². The van der Waals surface area contributed by atoms with Gasteiger partial charge < -0.3 is 19.7 Å². The number of aromatic nitrogens is 1. The van der Waals surface area contributed by atoms with Crippen molar-refractivity contribution >= 4 is 17.6 Å². The van der Waals surface area contributed by atoms with Crippen molar-refractivity contribution in [2.24, 2.45) is 7.05 Å². The van der Waals surface area contributed by atoms with E-state index in [2.05, 4.69) is 0 Å². The first kappa shape index (κ1) is 14.0. The maximum Gasteiger partial charge on any atom is 0.326 e. The molecule has 2 rings (SSSR count). The molecule has 0 radical (unpaired) electrons. The molecule has 20 heavy (non-hydrogen) atoms. The van der Waals surface area contributed by atoms with Crippen molar-refractivity contribution in [2.45, 2.75) is 18.6 Å². The Bertz CT molecular complexity index is 581. The molecule has 1 saturated heterocycles. The van der Waals surface area contributed by atoms with Crippen LogP contribution in [0.15, 0.2) is 12.3 Å². The van der Waals surface area contributed by atoms with Gasteiger partial charge in [-0.2, -0.15) is 0 Å². The van der Waals surface area contributed by atoms with Crippen molar-refractivity contribution in [1.82, 2.24) is 9.47 Å². The Kier molecular flexibility index (Phi) is 3.45. The summed E-state index contributed by atoms with van der Waals surface area (Å²) in [6.45, 7) is -0.102. The Morgan fingerprint density at radius 1 is 1.50 bits per heavy atom. The van der Waals surface area contributed by atoms with Gasteiger partial charge in [0.15, 0.2) is 0 Å². The molecule has 9 nitrogen and oxygen atoms in total. The number of rotatable bonds is 3. The molecule has 1 aromatic heterocycles. The maximum absolute atomic E-state index is 12.3. The first-order valence-electron chi connectivity index (χ1n) is 5.84. The lowest BCUT2D eigenvalue weighted by atomic mass is 10.2. The minimum Gasteiger partial charge on any atom is -0.480 e. The zero-order valence-corrected chi connectivity index (χ0v) is 10.6. The van der Waals surface area contributed by atoms with Crippen molar-refractivity contribution < 1.29 is 24.7 Å². The predicted octanol–water partition coefficient (Wildman–Crippen LogP) is -0.407. The quantitative estimate of drug-likeness (QED) is 0.574. The fraction of sp³-hybridized carbons (Fsp3) is 0.455. The van der Waals surface area contributed by atoms with Gasteiger partial charge in [-0.3, -0.25) is 14.9 Å². The van der Waals surface area contributed by atoms with E-state index in [1.165, 1.54) is 17.8 Å². The molecule has 0 spiro atoms. The molecule has 108 valence electrons. The highest BCUT2D eigenvalue weighted by Gasteiger charge is 2.40. The van der Waals surface area contributed by atoms with Crippen LogP contribution in [0.2, 0.25) is 0 Å². The van der Waals surface area contributed by atoms with Gasteiger partial charge in [0, 0.05) is 26.1 Å². The molecule has 1 aliphatic heterocycles. The average Bonchev–Trinajstić information content (AvgIpc) is 2.92. The van der Waals surface area contributed by atoms with Gasteiger partial charge >= 0.3 is 5.97 Å². The van der Waals surface area contributed by atoms with Gasteiger partial charge in [0.2, 0.25) is 0 Å². The predicted molar refractivity (Wildman–Crippen MR) is 65.2 cm³/mol. The number of likely N-dealkylation sites (tertiary alicyclic amines) is 1. The molecule has 0 saturated carbocycles. The number of carboxylic acids is 1. The number of hydrogen-bond acceptors (Lipinski definition) is 5. The monoisotopic (exact) mass is 283 g/mol. The minimum absolute atomic E-state index is 0.0112. The van der Waals surface area contributed by atoms with Crippen molar-refractivity contribution in [3.8, 4) is 0 Å². The number of β-amino-alcohol motifs (C(OH)–C–C–N with tert-alkyl or cyclic N) is 1. The number of carboxylic acid groups (broad SMARTS) is 1. The molecule has 0 unspecified atom stereocenters. The summed E-state index contributed by atoms with van der Waals surface area (Å²) < 4.78 is 1.27. The van der Waals surface area contributed by atoms with Gasteiger partial charge in [0.05, 0.1) is 17.2 Å². The number of amides is 1. The third-order valence-electron chi connectivity index (χ3n) is 3.25. The molecule has 2 atom stereocenters. The summed E-state index contributed by atoms with van der Waals surface area (Å²) in [5.41, 5.74) is -0.237. The van der Waals surface area contributed by atoms with Crippen LogP contribution in [0, 0.1) is 10.1 Å². The first-order chi connectivity index (χ1) is 9.31. The van der Waals surface area contributed by atoms with Gasteiger partial charge in [-0.15, -0.1) is 0 Å². The number of carbonyl (C=O) groups is 2. The summed E-state index contributed by atoms with van der Waals surface area (Å²) in [4.78, 5) is 34.4. The Morgan fingerprint density at radius 2 is 2.15 bits per heavy atom. The smallest absolute Gasteiger partial charge is 0.326 e. The molecular formula is C11H13N3O6. The second-order valence-electron chi connectivity index (χ2n) is 4.65. The minimum atomic E-state index is -1.21. The molecule has 1 aliphatic rings. The molecule has 0 bridgehead atoms. The van der Waals surface area contributed by atoms with Gasteiger partial charge in [-0.1, -0.05) is 0 Å². The normalized spacial score (nSPS) is 22.0. The number of aliphatic hydroxyl groups is 1. The van der Waals surface area contributed by atoms with Crippen molar-refractivity contribution in [1.29, 1.82) is 0 Å². The molecule has 1 aromatic rings. The summed E-state index contributed by atoms with van der Waals surface area (Å²) in [5.74, 6) is -1.86. The van der Waals surface area contributed by atoms with E-state index in [1.54, 1.807) is 0 Å². The number of nitrogens with zero attached hydrogens (tertiary/aromatic N) is 3. The highest BCUT2D eigenvalue weighted by Crippen LogP contribution is 2.23. The number of carbonyl (C=O) groups excluding carboxylic acids is 1. The lowest BCUT2D eigenvalue weighted by Crippen LogP contribution is -2.41. The van der Waals surface area contributed by atoms with Gasteiger partial charge in [0.1, 0.15) is 11.7 Å². The maximum atomic E-state index is 12.3. The van der Waals surface area contributed by atoms with E-state index in [0.29, 0.717) is 0 Å². The standard InChI is InChI=1S/C11H13N3O6/c1-12-4-6(14(19)20)2-8(12)10(16)13-5-7(15)3-9(13)11(17)18/h2,4,7,9,15H,3,5H2,1H3,(H,17,18)/t7-,9-/m1/s1. The lowest BCUT2D eigenvalue weighted by molar-refractivity contribution is -0.384. The van der Waals surface area contributed by atoms with Gasteiger partial charge in [0.25, 0.3) is 11.6 Å². The van der Waals surface area contributed by atoms with E-state index in [9.17, 15) is 24.8 Å². The highest BCUT2D eigenvalue weighted by molar-refractivity contribution is 5.96. The molecule has 2 heterocycles. The zero-order chi connectivity index (χ0) is 15.0. The molecule has 0 aliphatic carbocycles. The Morgan fingerprint density at radius 3 is 2.65 bits per heavy atom. The van der Waals surface area contributed by atoms with Crippen LogP contribution in [0.4, 0.5) is 5.69 Å². The van der Waals surface area contributed by atoms with Crippen molar-refractivity contribution in [3.05, 3.63) is 28.1 Å². The number of nitro groups is 1. The molecular weight excluding hydrogens is 270 g/mol. The Balaban J connectivity index is 2.31. The fourth-order valence-corrected chi connectivity index (χ4v) is 2.28. The van der Waals surface area contributed by atoms with Gasteiger partial charge in [-0.25, -0.2) is 4.79 Å².